The molecule has 5 heteroatoms. The van der Waals surface area contributed by atoms with Crippen LogP contribution in [-0.2, 0) is 6.18 Å². The summed E-state index contributed by atoms with van der Waals surface area (Å²) in [7, 11) is 5.99. The molecule has 0 atom stereocenters. The van der Waals surface area contributed by atoms with E-state index in [2.05, 4.69) is 5.32 Å². The highest BCUT2D eigenvalue weighted by atomic mass is 19.4. The fraction of sp³-hybridized carbons (Fsp3) is 0.500. The van der Waals surface area contributed by atoms with Gasteiger partial charge in [-0.2, -0.15) is 13.2 Å². The summed E-state index contributed by atoms with van der Waals surface area (Å²) in [6.07, 6.45) is -4.31. The Balaban J connectivity index is 2.72. The normalized spacial score (nSPS) is 12.6. The molecule has 0 heterocycles. The summed E-state index contributed by atoms with van der Waals surface area (Å²) in [6.45, 7) is 1.27. The van der Waals surface area contributed by atoms with Crippen molar-refractivity contribution in [1.29, 1.82) is 0 Å². The molecule has 1 aromatic carbocycles. The predicted molar refractivity (Wildman–Crippen MR) is 62.8 cm³/mol. The first-order chi connectivity index (χ1) is 7.70. The van der Waals surface area contributed by atoms with E-state index in [4.69, 9.17) is 0 Å². The maximum atomic E-state index is 12.7. The molecule has 0 saturated heterocycles. The van der Waals surface area contributed by atoms with Crippen LogP contribution in [0, 0.1) is 0 Å². The Morgan fingerprint density at radius 2 is 1.71 bits per heavy atom. The minimum absolute atomic E-state index is 0.147. The predicted octanol–water partition coefficient (Wildman–Crippen LogP) is 2.82. The molecule has 0 aromatic heterocycles. The third-order valence-corrected chi connectivity index (χ3v) is 2.33. The van der Waals surface area contributed by atoms with Crippen LogP contribution in [0.5, 0.6) is 0 Å². The van der Waals surface area contributed by atoms with Crippen LogP contribution in [0.4, 0.5) is 18.9 Å². The molecular formula is C12H18F3N2+. The van der Waals surface area contributed by atoms with Gasteiger partial charge in [0.15, 0.2) is 0 Å². The summed E-state index contributed by atoms with van der Waals surface area (Å²) in [5, 5.41) is 2.84. The minimum Gasteiger partial charge on any atom is -0.379 e. The highest BCUT2D eigenvalue weighted by Crippen LogP contribution is 2.34. The second-order valence-corrected chi connectivity index (χ2v) is 4.98. The Morgan fingerprint density at radius 3 is 2.24 bits per heavy atom. The van der Waals surface area contributed by atoms with Crippen molar-refractivity contribution in [3.63, 3.8) is 0 Å². The molecule has 1 rings (SSSR count). The van der Waals surface area contributed by atoms with Crippen molar-refractivity contribution in [2.45, 2.75) is 6.18 Å². The average Bonchev–Trinajstić information content (AvgIpc) is 2.15. The molecule has 0 fully saturated rings. The standard InChI is InChI=1S/C12H18F3N2/c1-17(2,3)9-8-16-11-7-5-4-6-10(11)12(13,14)15/h4-7,16H,8-9H2,1-3H3/q+1. The Hall–Kier alpha value is -1.23. The number of alkyl halides is 3. The van der Waals surface area contributed by atoms with Gasteiger partial charge in [-0.15, -0.1) is 0 Å². The number of nitrogens with zero attached hydrogens (tertiary/aromatic N) is 1. The maximum absolute atomic E-state index is 12.7. The van der Waals surface area contributed by atoms with Crippen LogP contribution in [0.25, 0.3) is 0 Å². The van der Waals surface area contributed by atoms with E-state index in [-0.39, 0.29) is 5.69 Å². The van der Waals surface area contributed by atoms with Crippen LogP contribution in [-0.4, -0.2) is 38.7 Å². The third-order valence-electron chi connectivity index (χ3n) is 2.33. The molecular weight excluding hydrogens is 229 g/mol. The van der Waals surface area contributed by atoms with Gasteiger partial charge < -0.3 is 9.80 Å². The van der Waals surface area contributed by atoms with Crippen LogP contribution < -0.4 is 5.32 Å². The molecule has 0 bridgehead atoms. The van der Waals surface area contributed by atoms with Crippen LogP contribution >= 0.6 is 0 Å². The number of nitrogens with one attached hydrogen (secondary N) is 1. The van der Waals surface area contributed by atoms with E-state index in [9.17, 15) is 13.2 Å². The van der Waals surface area contributed by atoms with Gasteiger partial charge in [0.2, 0.25) is 0 Å². The fourth-order valence-corrected chi connectivity index (χ4v) is 1.41. The van der Waals surface area contributed by atoms with Crippen molar-refractivity contribution in [1.82, 2.24) is 0 Å². The van der Waals surface area contributed by atoms with E-state index in [1.807, 2.05) is 21.1 Å². The lowest BCUT2D eigenvalue weighted by molar-refractivity contribution is -0.868. The van der Waals surface area contributed by atoms with Gasteiger partial charge in [0, 0.05) is 5.69 Å². The zero-order chi connectivity index (χ0) is 13.1. The van der Waals surface area contributed by atoms with Gasteiger partial charge in [0.1, 0.15) is 0 Å². The zero-order valence-corrected chi connectivity index (χ0v) is 10.3. The van der Waals surface area contributed by atoms with Crippen molar-refractivity contribution in [2.75, 3.05) is 39.5 Å². The monoisotopic (exact) mass is 247 g/mol. The summed E-state index contributed by atoms with van der Waals surface area (Å²) in [4.78, 5) is 0. The topological polar surface area (TPSA) is 12.0 Å². The van der Waals surface area contributed by atoms with Gasteiger partial charge in [-0.05, 0) is 12.1 Å². The fourth-order valence-electron chi connectivity index (χ4n) is 1.41. The number of rotatable bonds is 4. The number of hydrogen-bond acceptors (Lipinski definition) is 1. The molecule has 96 valence electrons. The van der Waals surface area contributed by atoms with Crippen LogP contribution in [0.1, 0.15) is 5.56 Å². The van der Waals surface area contributed by atoms with E-state index >= 15 is 0 Å². The molecule has 0 radical (unpaired) electrons. The third kappa shape index (κ3) is 4.65. The first-order valence-electron chi connectivity index (χ1n) is 5.41. The molecule has 0 aliphatic heterocycles. The number of benzene rings is 1. The van der Waals surface area contributed by atoms with E-state index in [0.29, 0.717) is 11.0 Å². The summed E-state index contributed by atoms with van der Waals surface area (Å²) < 4.78 is 38.7. The lowest BCUT2D eigenvalue weighted by Crippen LogP contribution is -2.38. The molecule has 1 aromatic rings. The highest BCUT2D eigenvalue weighted by molar-refractivity contribution is 5.52. The molecule has 0 unspecified atom stereocenters. The lowest BCUT2D eigenvalue weighted by Gasteiger charge is -2.24. The second-order valence-electron chi connectivity index (χ2n) is 4.98. The van der Waals surface area contributed by atoms with Crippen LogP contribution in [0.2, 0.25) is 0 Å². The smallest absolute Gasteiger partial charge is 0.379 e. The van der Waals surface area contributed by atoms with E-state index in [1.54, 1.807) is 6.07 Å². The molecule has 0 aliphatic rings. The maximum Gasteiger partial charge on any atom is 0.418 e. The van der Waals surface area contributed by atoms with Crippen LogP contribution in [0.15, 0.2) is 24.3 Å². The SMILES string of the molecule is C[N+](C)(C)CCNc1ccccc1C(F)(F)F. The van der Waals surface area contributed by atoms with Crippen molar-refractivity contribution < 1.29 is 17.7 Å². The lowest BCUT2D eigenvalue weighted by atomic mass is 10.1. The largest absolute Gasteiger partial charge is 0.418 e. The molecule has 0 amide bonds. The summed E-state index contributed by atoms with van der Waals surface area (Å²) in [6, 6.07) is 5.55. The summed E-state index contributed by atoms with van der Waals surface area (Å²) >= 11 is 0. The van der Waals surface area contributed by atoms with E-state index < -0.39 is 11.7 Å². The van der Waals surface area contributed by atoms with Gasteiger partial charge >= 0.3 is 6.18 Å². The average molecular weight is 247 g/mol. The quantitative estimate of drug-likeness (QED) is 0.807. The minimum atomic E-state index is -4.31. The zero-order valence-electron chi connectivity index (χ0n) is 10.3. The number of likely N-dealkylation sites (N-methyl/N-ethyl adjacent to an activating group) is 1. The van der Waals surface area contributed by atoms with Crippen molar-refractivity contribution >= 4 is 5.69 Å². The van der Waals surface area contributed by atoms with Crippen LogP contribution in [0.3, 0.4) is 0 Å². The number of para-hydroxylation sites is 1. The molecule has 1 N–H and O–H groups in total. The number of halogens is 3. The first-order valence-corrected chi connectivity index (χ1v) is 5.41. The Labute approximate surface area is 99.6 Å². The second kappa shape index (κ2) is 4.96. The first kappa shape index (κ1) is 13.8. The van der Waals surface area contributed by atoms with Gasteiger partial charge in [0.25, 0.3) is 0 Å². The summed E-state index contributed by atoms with van der Waals surface area (Å²) in [5.41, 5.74) is -0.463. The molecule has 0 saturated carbocycles. The van der Waals surface area contributed by atoms with Gasteiger partial charge in [-0.3, -0.25) is 0 Å². The number of anilines is 1. The van der Waals surface area contributed by atoms with Gasteiger partial charge in [-0.25, -0.2) is 0 Å². The van der Waals surface area contributed by atoms with Crippen molar-refractivity contribution in [3.8, 4) is 0 Å². The number of hydrogen-bond donors (Lipinski definition) is 1. The number of quaternary nitrogens is 1. The van der Waals surface area contributed by atoms with Crippen molar-refractivity contribution in [3.05, 3.63) is 29.8 Å². The van der Waals surface area contributed by atoms with E-state index in [1.165, 1.54) is 12.1 Å². The molecule has 17 heavy (non-hydrogen) atoms. The Morgan fingerprint density at radius 1 is 1.12 bits per heavy atom. The van der Waals surface area contributed by atoms with Crippen molar-refractivity contribution in [2.24, 2.45) is 0 Å². The Kier molecular flexibility index (Phi) is 4.03. The van der Waals surface area contributed by atoms with Gasteiger partial charge in [-0.1, -0.05) is 12.1 Å². The van der Waals surface area contributed by atoms with Gasteiger partial charge in [0.05, 0.1) is 39.8 Å². The summed E-state index contributed by atoms with van der Waals surface area (Å²) in [5.74, 6) is 0. The van der Waals surface area contributed by atoms with E-state index in [0.717, 1.165) is 12.6 Å². The molecule has 0 spiro atoms. The Bertz CT molecular complexity index is 367. The molecule has 2 nitrogen and oxygen atoms in total. The highest BCUT2D eigenvalue weighted by Gasteiger charge is 2.33. The molecule has 0 aliphatic carbocycles.